The fourth-order valence-corrected chi connectivity index (χ4v) is 2.21. The van der Waals surface area contributed by atoms with Gasteiger partial charge < -0.3 is 9.72 Å². The van der Waals surface area contributed by atoms with E-state index in [1.807, 2.05) is 0 Å². The molecule has 0 aromatic carbocycles. The van der Waals surface area contributed by atoms with Gasteiger partial charge in [0.25, 0.3) is 0 Å². The second-order valence-corrected chi connectivity index (χ2v) is 4.45. The van der Waals surface area contributed by atoms with E-state index in [0.29, 0.717) is 16.3 Å². The SMILES string of the molecule is CCOC(=O)c1ccc2[nH]c(=S)sc2n1. The first-order valence-electron chi connectivity index (χ1n) is 4.37. The molecule has 0 amide bonds. The van der Waals surface area contributed by atoms with Crippen LogP contribution in [0.2, 0.25) is 0 Å². The zero-order chi connectivity index (χ0) is 10.8. The zero-order valence-electron chi connectivity index (χ0n) is 7.94. The molecule has 2 aromatic heterocycles. The molecule has 0 aliphatic carbocycles. The van der Waals surface area contributed by atoms with Crippen molar-refractivity contribution in [3.63, 3.8) is 0 Å². The van der Waals surface area contributed by atoms with Crippen molar-refractivity contribution >= 4 is 39.9 Å². The first-order chi connectivity index (χ1) is 7.20. The number of fused-ring (bicyclic) bond motifs is 1. The van der Waals surface area contributed by atoms with E-state index in [4.69, 9.17) is 17.0 Å². The zero-order valence-corrected chi connectivity index (χ0v) is 9.58. The van der Waals surface area contributed by atoms with Gasteiger partial charge in [-0.2, -0.15) is 0 Å². The Morgan fingerprint density at radius 1 is 1.67 bits per heavy atom. The molecule has 0 atom stereocenters. The van der Waals surface area contributed by atoms with Gasteiger partial charge in [-0.25, -0.2) is 9.78 Å². The van der Waals surface area contributed by atoms with Crippen LogP contribution in [0.1, 0.15) is 17.4 Å². The lowest BCUT2D eigenvalue weighted by atomic mass is 10.3. The smallest absolute Gasteiger partial charge is 0.356 e. The lowest BCUT2D eigenvalue weighted by Crippen LogP contribution is -2.06. The summed E-state index contributed by atoms with van der Waals surface area (Å²) in [5.74, 6) is -0.404. The molecule has 0 saturated carbocycles. The average Bonchev–Trinajstić information content (AvgIpc) is 2.57. The predicted molar refractivity (Wildman–Crippen MR) is 60.8 cm³/mol. The normalized spacial score (nSPS) is 10.5. The summed E-state index contributed by atoms with van der Waals surface area (Å²) in [6.45, 7) is 2.11. The van der Waals surface area contributed by atoms with Gasteiger partial charge >= 0.3 is 5.97 Å². The summed E-state index contributed by atoms with van der Waals surface area (Å²) >= 11 is 6.32. The van der Waals surface area contributed by atoms with Crippen molar-refractivity contribution in [1.82, 2.24) is 9.97 Å². The van der Waals surface area contributed by atoms with Gasteiger partial charge in [-0.3, -0.25) is 0 Å². The highest BCUT2D eigenvalue weighted by atomic mass is 32.1. The maximum atomic E-state index is 11.4. The van der Waals surface area contributed by atoms with Gasteiger partial charge in [-0.15, -0.1) is 0 Å². The minimum Gasteiger partial charge on any atom is -0.461 e. The van der Waals surface area contributed by atoms with E-state index in [-0.39, 0.29) is 0 Å². The van der Waals surface area contributed by atoms with Crippen molar-refractivity contribution < 1.29 is 9.53 Å². The Bertz CT molecular complexity index is 558. The van der Waals surface area contributed by atoms with Gasteiger partial charge in [0.2, 0.25) is 0 Å². The van der Waals surface area contributed by atoms with Gasteiger partial charge in [-0.05, 0) is 31.3 Å². The van der Waals surface area contributed by atoms with Crippen molar-refractivity contribution in [2.24, 2.45) is 0 Å². The number of aromatic nitrogens is 2. The number of thiazole rings is 1. The Morgan fingerprint density at radius 2 is 2.47 bits per heavy atom. The van der Waals surface area contributed by atoms with Crippen molar-refractivity contribution in [2.45, 2.75) is 6.92 Å². The summed E-state index contributed by atoms with van der Waals surface area (Å²) in [5.41, 5.74) is 1.16. The summed E-state index contributed by atoms with van der Waals surface area (Å²) < 4.78 is 5.50. The molecule has 2 aromatic rings. The minimum atomic E-state index is -0.404. The Balaban J connectivity index is 2.46. The molecule has 0 saturated heterocycles. The Morgan fingerprint density at radius 3 is 3.20 bits per heavy atom. The third kappa shape index (κ3) is 2.05. The van der Waals surface area contributed by atoms with Crippen LogP contribution >= 0.6 is 23.6 Å². The molecule has 0 bridgehead atoms. The molecule has 0 spiro atoms. The number of nitrogens with one attached hydrogen (secondary N) is 1. The number of nitrogens with zero attached hydrogens (tertiary/aromatic N) is 1. The molecule has 4 nitrogen and oxygen atoms in total. The van der Waals surface area contributed by atoms with Crippen LogP contribution in [-0.4, -0.2) is 22.5 Å². The molecule has 2 rings (SSSR count). The number of carbonyl (C=O) groups excluding carboxylic acids is 1. The van der Waals surface area contributed by atoms with Crippen LogP contribution < -0.4 is 0 Å². The van der Waals surface area contributed by atoms with Crippen LogP contribution in [-0.2, 0) is 4.74 Å². The lowest BCUT2D eigenvalue weighted by Gasteiger charge is -1.99. The van der Waals surface area contributed by atoms with Crippen LogP contribution in [0.25, 0.3) is 10.3 Å². The Hall–Kier alpha value is -1.27. The number of esters is 1. The summed E-state index contributed by atoms with van der Waals surface area (Å²) in [5, 5.41) is 0. The van der Waals surface area contributed by atoms with E-state index in [1.54, 1.807) is 19.1 Å². The second kappa shape index (κ2) is 4.08. The number of H-pyrrole nitrogens is 1. The molecule has 0 fully saturated rings. The topological polar surface area (TPSA) is 55.0 Å². The van der Waals surface area contributed by atoms with E-state index in [2.05, 4.69) is 9.97 Å². The van der Waals surface area contributed by atoms with Crippen LogP contribution in [0.4, 0.5) is 0 Å². The van der Waals surface area contributed by atoms with Crippen molar-refractivity contribution in [3.05, 3.63) is 21.8 Å². The van der Waals surface area contributed by atoms with Crippen LogP contribution in [0, 0.1) is 3.95 Å². The van der Waals surface area contributed by atoms with E-state index >= 15 is 0 Å². The fraction of sp³-hybridized carbons (Fsp3) is 0.222. The number of ether oxygens (including phenoxy) is 1. The van der Waals surface area contributed by atoms with Crippen LogP contribution in [0.3, 0.4) is 0 Å². The van der Waals surface area contributed by atoms with Gasteiger partial charge in [0, 0.05) is 0 Å². The summed E-state index contributed by atoms with van der Waals surface area (Å²) in [6, 6.07) is 3.40. The molecule has 78 valence electrons. The Kier molecular flexibility index (Phi) is 2.79. The van der Waals surface area contributed by atoms with Crippen molar-refractivity contribution in [1.29, 1.82) is 0 Å². The number of pyridine rings is 1. The third-order valence-corrected chi connectivity index (χ3v) is 2.92. The number of hydrogen-bond acceptors (Lipinski definition) is 5. The highest BCUT2D eigenvalue weighted by molar-refractivity contribution is 7.73. The molecular formula is C9H8N2O2S2. The van der Waals surface area contributed by atoms with E-state index in [9.17, 15) is 4.79 Å². The molecular weight excluding hydrogens is 232 g/mol. The number of rotatable bonds is 2. The van der Waals surface area contributed by atoms with Crippen molar-refractivity contribution in [3.8, 4) is 0 Å². The van der Waals surface area contributed by atoms with Crippen LogP contribution in [0.15, 0.2) is 12.1 Å². The van der Waals surface area contributed by atoms with Crippen molar-refractivity contribution in [2.75, 3.05) is 6.61 Å². The minimum absolute atomic E-state index is 0.314. The summed E-state index contributed by atoms with van der Waals surface area (Å²) in [4.78, 5) is 19.2. The molecule has 0 unspecified atom stereocenters. The van der Waals surface area contributed by atoms with Gasteiger partial charge in [0.05, 0.1) is 12.1 Å². The quantitative estimate of drug-likeness (QED) is 0.647. The first kappa shape index (κ1) is 10.3. The summed E-state index contributed by atoms with van der Waals surface area (Å²) in [7, 11) is 0. The largest absolute Gasteiger partial charge is 0.461 e. The fourth-order valence-electron chi connectivity index (χ4n) is 1.16. The Labute approximate surface area is 94.9 Å². The van der Waals surface area contributed by atoms with E-state index in [1.165, 1.54) is 11.3 Å². The van der Waals surface area contributed by atoms with Gasteiger partial charge in [0.1, 0.15) is 10.5 Å². The molecule has 6 heteroatoms. The molecule has 0 aliphatic heterocycles. The molecule has 15 heavy (non-hydrogen) atoms. The number of carbonyl (C=O) groups is 1. The lowest BCUT2D eigenvalue weighted by molar-refractivity contribution is 0.0520. The molecule has 1 N–H and O–H groups in total. The second-order valence-electron chi connectivity index (χ2n) is 2.78. The van der Waals surface area contributed by atoms with Gasteiger partial charge in [-0.1, -0.05) is 11.3 Å². The average molecular weight is 240 g/mol. The highest BCUT2D eigenvalue weighted by Crippen LogP contribution is 2.17. The number of aromatic amines is 1. The van der Waals surface area contributed by atoms with E-state index < -0.39 is 5.97 Å². The van der Waals surface area contributed by atoms with Gasteiger partial charge in [0.15, 0.2) is 3.95 Å². The monoisotopic (exact) mass is 240 g/mol. The molecule has 2 heterocycles. The standard InChI is InChI=1S/C9H8N2O2S2/c1-2-13-8(12)6-4-3-5-7(10-6)15-9(14)11-5/h3-4H,2H2,1H3,(H,11,14). The molecule has 0 aliphatic rings. The predicted octanol–water partition coefficient (Wildman–Crippen LogP) is 2.53. The maximum absolute atomic E-state index is 11.4. The maximum Gasteiger partial charge on any atom is 0.356 e. The molecule has 0 radical (unpaired) electrons. The summed E-state index contributed by atoms with van der Waals surface area (Å²) in [6.07, 6.45) is 0. The third-order valence-electron chi connectivity index (χ3n) is 1.77. The highest BCUT2D eigenvalue weighted by Gasteiger charge is 2.09. The van der Waals surface area contributed by atoms with Crippen LogP contribution in [0.5, 0.6) is 0 Å². The van der Waals surface area contributed by atoms with E-state index in [0.717, 1.165) is 10.3 Å². The number of hydrogen-bond donors (Lipinski definition) is 1. The first-order valence-corrected chi connectivity index (χ1v) is 5.60.